The maximum atomic E-state index is 12.4. The molecule has 6 nitrogen and oxygen atoms in total. The lowest BCUT2D eigenvalue weighted by atomic mass is 10.0. The fourth-order valence-electron chi connectivity index (χ4n) is 8.93. The highest BCUT2D eigenvalue weighted by Crippen LogP contribution is 2.17. The highest BCUT2D eigenvalue weighted by Gasteiger charge is 2.18. The number of rotatable bonds is 53. The summed E-state index contributed by atoms with van der Waals surface area (Å²) in [6.07, 6.45) is 62.2. The fourth-order valence-corrected chi connectivity index (χ4v) is 8.93. The SMILES string of the molecule is CCCCCCCCCCCCCC/C=C/C(O)C(CO)NC(=O)CCCCCCCCCCCCCCCCCOC(=O)CCCCCCCCCCCCCCCCCCC. The van der Waals surface area contributed by atoms with Crippen molar-refractivity contribution in [1.29, 1.82) is 0 Å². The van der Waals surface area contributed by atoms with Gasteiger partial charge in [-0.3, -0.25) is 9.59 Å². The maximum absolute atomic E-state index is 12.4. The first kappa shape index (κ1) is 61.6. The molecule has 2 unspecified atom stereocenters. The number of carbonyl (C=O) groups is 2. The second-order valence-electron chi connectivity index (χ2n) is 19.6. The van der Waals surface area contributed by atoms with Crippen molar-refractivity contribution in [2.75, 3.05) is 13.2 Å². The summed E-state index contributed by atoms with van der Waals surface area (Å²) in [4.78, 5) is 24.5. The molecular formula is C57H111NO5. The molecule has 0 spiro atoms. The third kappa shape index (κ3) is 49.9. The Morgan fingerprint density at radius 2 is 0.730 bits per heavy atom. The molecule has 0 radical (unpaired) electrons. The molecule has 0 heterocycles. The van der Waals surface area contributed by atoms with Gasteiger partial charge in [-0.25, -0.2) is 0 Å². The Balaban J connectivity index is 3.42. The number of nitrogens with one attached hydrogen (secondary N) is 1. The van der Waals surface area contributed by atoms with Gasteiger partial charge >= 0.3 is 5.97 Å². The second-order valence-corrected chi connectivity index (χ2v) is 19.6. The largest absolute Gasteiger partial charge is 0.466 e. The summed E-state index contributed by atoms with van der Waals surface area (Å²) < 4.78 is 5.48. The van der Waals surface area contributed by atoms with E-state index in [0.29, 0.717) is 19.4 Å². The summed E-state index contributed by atoms with van der Waals surface area (Å²) in [6.45, 7) is 4.90. The summed E-state index contributed by atoms with van der Waals surface area (Å²) in [6, 6.07) is -0.633. The third-order valence-electron chi connectivity index (χ3n) is 13.3. The van der Waals surface area contributed by atoms with Crippen molar-refractivity contribution in [1.82, 2.24) is 5.32 Å². The quantitative estimate of drug-likeness (QED) is 0.0321. The highest BCUT2D eigenvalue weighted by atomic mass is 16.5. The van der Waals surface area contributed by atoms with E-state index < -0.39 is 12.1 Å². The fraction of sp³-hybridized carbons (Fsp3) is 0.930. The summed E-state index contributed by atoms with van der Waals surface area (Å²) in [5.74, 6) is -0.0710. The monoisotopic (exact) mass is 890 g/mol. The van der Waals surface area contributed by atoms with E-state index in [2.05, 4.69) is 19.2 Å². The van der Waals surface area contributed by atoms with Gasteiger partial charge in [-0.1, -0.05) is 283 Å². The molecule has 1 amide bonds. The van der Waals surface area contributed by atoms with Crippen molar-refractivity contribution < 1.29 is 24.5 Å². The first-order valence-corrected chi connectivity index (χ1v) is 28.5. The van der Waals surface area contributed by atoms with Crippen LogP contribution in [0.4, 0.5) is 0 Å². The Labute approximate surface area is 393 Å². The topological polar surface area (TPSA) is 95.9 Å². The van der Waals surface area contributed by atoms with Crippen molar-refractivity contribution in [2.24, 2.45) is 0 Å². The molecule has 0 aromatic heterocycles. The van der Waals surface area contributed by atoms with Crippen LogP contribution in [0.15, 0.2) is 12.2 Å². The minimum Gasteiger partial charge on any atom is -0.466 e. The van der Waals surface area contributed by atoms with E-state index in [-0.39, 0.29) is 18.5 Å². The number of allylic oxidation sites excluding steroid dienone is 1. The van der Waals surface area contributed by atoms with Gasteiger partial charge in [0.05, 0.1) is 25.4 Å². The van der Waals surface area contributed by atoms with Crippen molar-refractivity contribution in [3.05, 3.63) is 12.2 Å². The number of carbonyl (C=O) groups excluding carboxylic acids is 2. The van der Waals surface area contributed by atoms with Gasteiger partial charge in [0.1, 0.15) is 0 Å². The lowest BCUT2D eigenvalue weighted by molar-refractivity contribution is -0.143. The summed E-state index contributed by atoms with van der Waals surface area (Å²) in [5, 5.41) is 23.1. The Kier molecular flexibility index (Phi) is 52.0. The van der Waals surface area contributed by atoms with E-state index in [9.17, 15) is 19.8 Å². The van der Waals surface area contributed by atoms with Crippen molar-refractivity contribution >= 4 is 11.9 Å². The average molecular weight is 891 g/mol. The molecule has 0 bridgehead atoms. The van der Waals surface area contributed by atoms with E-state index in [1.165, 1.54) is 244 Å². The van der Waals surface area contributed by atoms with Crippen LogP contribution in [0.1, 0.15) is 316 Å². The van der Waals surface area contributed by atoms with Crippen LogP contribution in [0, 0.1) is 0 Å². The number of esters is 1. The minimum absolute atomic E-state index is 0.00387. The Bertz CT molecular complexity index is 939. The number of unbranched alkanes of at least 4 members (excludes halogenated alkanes) is 42. The molecule has 0 aromatic rings. The lowest BCUT2D eigenvalue weighted by Crippen LogP contribution is -2.45. The van der Waals surface area contributed by atoms with Crippen LogP contribution in [-0.2, 0) is 14.3 Å². The number of ether oxygens (including phenoxy) is 1. The summed E-state index contributed by atoms with van der Waals surface area (Å²) in [7, 11) is 0. The van der Waals surface area contributed by atoms with E-state index in [1.807, 2.05) is 6.08 Å². The first-order chi connectivity index (χ1) is 31.0. The van der Waals surface area contributed by atoms with Crippen molar-refractivity contribution in [2.45, 2.75) is 328 Å². The molecule has 0 saturated heterocycles. The maximum Gasteiger partial charge on any atom is 0.305 e. The van der Waals surface area contributed by atoms with E-state index in [4.69, 9.17) is 4.74 Å². The third-order valence-corrected chi connectivity index (χ3v) is 13.3. The zero-order valence-electron chi connectivity index (χ0n) is 42.6. The van der Waals surface area contributed by atoms with Gasteiger partial charge in [0.15, 0.2) is 0 Å². The van der Waals surface area contributed by atoms with Gasteiger partial charge < -0.3 is 20.3 Å². The second kappa shape index (κ2) is 53.2. The molecule has 0 fully saturated rings. The standard InChI is InChI=1S/C57H111NO5/c1-3-5-7-9-11-13-15-17-19-20-23-27-31-35-39-43-47-51-57(62)63-52-48-44-40-36-32-28-24-21-22-26-30-34-38-42-46-50-56(61)58-54(53-59)55(60)49-45-41-37-33-29-25-18-16-14-12-10-8-6-4-2/h45,49,54-55,59-60H,3-44,46-48,50-53H2,1-2H3,(H,58,61)/b49-45+. The van der Waals surface area contributed by atoms with E-state index in [0.717, 1.165) is 44.9 Å². The lowest BCUT2D eigenvalue weighted by Gasteiger charge is -2.20. The molecule has 0 aliphatic rings. The normalized spacial score (nSPS) is 12.6. The smallest absolute Gasteiger partial charge is 0.305 e. The Hall–Kier alpha value is -1.40. The van der Waals surface area contributed by atoms with Crippen LogP contribution in [0.3, 0.4) is 0 Å². The highest BCUT2D eigenvalue weighted by molar-refractivity contribution is 5.76. The molecule has 0 aliphatic carbocycles. The number of hydrogen-bond donors (Lipinski definition) is 3. The average Bonchev–Trinajstić information content (AvgIpc) is 3.28. The zero-order valence-corrected chi connectivity index (χ0v) is 42.6. The van der Waals surface area contributed by atoms with Gasteiger partial charge in [0, 0.05) is 12.8 Å². The van der Waals surface area contributed by atoms with Crippen molar-refractivity contribution in [3.8, 4) is 0 Å². The molecule has 0 saturated carbocycles. The van der Waals surface area contributed by atoms with Crippen LogP contribution in [0.25, 0.3) is 0 Å². The number of aliphatic hydroxyl groups excluding tert-OH is 2. The molecular weight excluding hydrogens is 779 g/mol. The van der Waals surface area contributed by atoms with Gasteiger partial charge in [0.25, 0.3) is 0 Å². The van der Waals surface area contributed by atoms with Gasteiger partial charge in [-0.05, 0) is 32.1 Å². The van der Waals surface area contributed by atoms with E-state index >= 15 is 0 Å². The van der Waals surface area contributed by atoms with Crippen LogP contribution < -0.4 is 5.32 Å². The number of amides is 1. The molecule has 374 valence electrons. The number of hydrogen-bond acceptors (Lipinski definition) is 5. The molecule has 6 heteroatoms. The summed E-state index contributed by atoms with van der Waals surface area (Å²) >= 11 is 0. The predicted molar refractivity (Wildman–Crippen MR) is 273 cm³/mol. The van der Waals surface area contributed by atoms with Crippen LogP contribution in [0.5, 0.6) is 0 Å². The molecule has 0 aromatic carbocycles. The number of aliphatic hydroxyl groups is 2. The molecule has 0 rings (SSSR count). The van der Waals surface area contributed by atoms with Gasteiger partial charge in [-0.15, -0.1) is 0 Å². The summed E-state index contributed by atoms with van der Waals surface area (Å²) in [5.41, 5.74) is 0. The predicted octanol–water partition coefficient (Wildman–Crippen LogP) is 17.3. The van der Waals surface area contributed by atoms with Crippen molar-refractivity contribution in [3.63, 3.8) is 0 Å². The van der Waals surface area contributed by atoms with Gasteiger partial charge in [-0.2, -0.15) is 0 Å². The molecule has 2 atom stereocenters. The van der Waals surface area contributed by atoms with Crippen LogP contribution in [0.2, 0.25) is 0 Å². The zero-order chi connectivity index (χ0) is 45.8. The van der Waals surface area contributed by atoms with Gasteiger partial charge in [0.2, 0.25) is 5.91 Å². The van der Waals surface area contributed by atoms with E-state index in [1.54, 1.807) is 6.08 Å². The molecule has 0 aliphatic heterocycles. The molecule has 3 N–H and O–H groups in total. The Morgan fingerprint density at radius 1 is 0.429 bits per heavy atom. The first-order valence-electron chi connectivity index (χ1n) is 28.5. The van der Waals surface area contributed by atoms with Crippen LogP contribution >= 0.6 is 0 Å². The Morgan fingerprint density at radius 3 is 1.08 bits per heavy atom. The molecule has 63 heavy (non-hydrogen) atoms. The minimum atomic E-state index is -0.848. The van der Waals surface area contributed by atoms with Crippen LogP contribution in [-0.4, -0.2) is 47.4 Å².